The Balaban J connectivity index is 2.43. The lowest BCUT2D eigenvalue weighted by molar-refractivity contribution is 0.311. The quantitative estimate of drug-likeness (QED) is 0.749. The van der Waals surface area contributed by atoms with Crippen molar-refractivity contribution in [3.63, 3.8) is 0 Å². The molecule has 0 saturated heterocycles. The van der Waals surface area contributed by atoms with Crippen molar-refractivity contribution in [2.24, 2.45) is 0 Å². The number of benzene rings is 1. The molecule has 0 heterocycles. The van der Waals surface area contributed by atoms with E-state index in [1.165, 1.54) is 24.0 Å². The summed E-state index contributed by atoms with van der Waals surface area (Å²) >= 11 is 0. The highest BCUT2D eigenvalue weighted by Crippen LogP contribution is 2.27. The van der Waals surface area contributed by atoms with Crippen LogP contribution in [0.5, 0.6) is 5.75 Å². The van der Waals surface area contributed by atoms with Gasteiger partial charge in [0.25, 0.3) is 0 Å². The van der Waals surface area contributed by atoms with E-state index >= 15 is 0 Å². The Morgan fingerprint density at radius 2 is 1.89 bits per heavy atom. The first-order valence-electron chi connectivity index (χ1n) is 7.40. The zero-order chi connectivity index (χ0) is 14.3. The summed E-state index contributed by atoms with van der Waals surface area (Å²) in [6.45, 7) is 13.8. The van der Waals surface area contributed by atoms with Gasteiger partial charge in [-0.1, -0.05) is 46.2 Å². The Morgan fingerprint density at radius 3 is 2.47 bits per heavy atom. The molecule has 0 aliphatic carbocycles. The van der Waals surface area contributed by atoms with Gasteiger partial charge in [0.1, 0.15) is 12.4 Å². The molecule has 0 radical (unpaired) electrons. The van der Waals surface area contributed by atoms with Crippen LogP contribution in [0, 0.1) is 6.92 Å². The van der Waals surface area contributed by atoms with E-state index in [0.29, 0.717) is 0 Å². The van der Waals surface area contributed by atoms with E-state index in [1.54, 1.807) is 0 Å². The Morgan fingerprint density at radius 1 is 1.16 bits per heavy atom. The van der Waals surface area contributed by atoms with Crippen LogP contribution < -0.4 is 10.1 Å². The molecule has 0 bridgehead atoms. The lowest BCUT2D eigenvalue weighted by Crippen LogP contribution is -2.22. The van der Waals surface area contributed by atoms with E-state index in [-0.39, 0.29) is 5.41 Å². The molecule has 1 rings (SSSR count). The fraction of sp³-hybridized carbons (Fsp3) is 0.647. The third kappa shape index (κ3) is 5.65. The van der Waals surface area contributed by atoms with Crippen molar-refractivity contribution in [1.29, 1.82) is 0 Å². The highest BCUT2D eigenvalue weighted by Gasteiger charge is 2.14. The van der Waals surface area contributed by atoms with Crippen LogP contribution >= 0.6 is 0 Å². The number of ether oxygens (including phenoxy) is 1. The average Bonchev–Trinajstić information content (AvgIpc) is 2.34. The predicted molar refractivity (Wildman–Crippen MR) is 83.2 cm³/mol. The van der Waals surface area contributed by atoms with E-state index in [1.807, 2.05) is 0 Å². The highest BCUT2D eigenvalue weighted by atomic mass is 16.5. The van der Waals surface area contributed by atoms with Crippen LogP contribution in [0.2, 0.25) is 0 Å². The van der Waals surface area contributed by atoms with Crippen molar-refractivity contribution in [2.45, 2.75) is 52.9 Å². The topological polar surface area (TPSA) is 21.3 Å². The molecule has 1 aromatic carbocycles. The second-order valence-electron chi connectivity index (χ2n) is 6.18. The van der Waals surface area contributed by atoms with Crippen molar-refractivity contribution in [3.05, 3.63) is 29.3 Å². The molecule has 0 atom stereocenters. The highest BCUT2D eigenvalue weighted by molar-refractivity contribution is 5.38. The largest absolute Gasteiger partial charge is 0.492 e. The SMILES string of the molecule is CCCCNCCOc1ccc(C(C)(C)C)cc1C. The molecule has 0 fully saturated rings. The summed E-state index contributed by atoms with van der Waals surface area (Å²) in [6.07, 6.45) is 2.47. The summed E-state index contributed by atoms with van der Waals surface area (Å²) in [5.74, 6) is 1.00. The summed E-state index contributed by atoms with van der Waals surface area (Å²) in [4.78, 5) is 0. The maximum Gasteiger partial charge on any atom is 0.122 e. The smallest absolute Gasteiger partial charge is 0.122 e. The molecule has 0 spiro atoms. The lowest BCUT2D eigenvalue weighted by Gasteiger charge is -2.20. The Labute approximate surface area is 118 Å². The van der Waals surface area contributed by atoms with Crippen LogP contribution in [0.15, 0.2) is 18.2 Å². The minimum Gasteiger partial charge on any atom is -0.492 e. The molecule has 0 saturated carbocycles. The number of hydrogen-bond acceptors (Lipinski definition) is 2. The van der Waals surface area contributed by atoms with Crippen LogP contribution in [-0.4, -0.2) is 19.7 Å². The monoisotopic (exact) mass is 263 g/mol. The van der Waals surface area contributed by atoms with Crippen molar-refractivity contribution in [2.75, 3.05) is 19.7 Å². The molecule has 2 nitrogen and oxygen atoms in total. The van der Waals surface area contributed by atoms with E-state index in [4.69, 9.17) is 4.74 Å². The van der Waals surface area contributed by atoms with Gasteiger partial charge in [0.2, 0.25) is 0 Å². The second kappa shape index (κ2) is 7.54. The lowest BCUT2D eigenvalue weighted by atomic mass is 9.86. The van der Waals surface area contributed by atoms with Gasteiger partial charge in [-0.25, -0.2) is 0 Å². The Hall–Kier alpha value is -1.02. The molecular formula is C17H29NO. The van der Waals surface area contributed by atoms with Gasteiger partial charge in [-0.2, -0.15) is 0 Å². The summed E-state index contributed by atoms with van der Waals surface area (Å²) in [5.41, 5.74) is 2.78. The molecule has 0 aliphatic rings. The van der Waals surface area contributed by atoms with Crippen LogP contribution in [0.1, 0.15) is 51.7 Å². The predicted octanol–water partition coefficient (Wildman–Crippen LogP) is 4.06. The van der Waals surface area contributed by atoms with E-state index < -0.39 is 0 Å². The van der Waals surface area contributed by atoms with Gasteiger partial charge in [-0.05, 0) is 42.5 Å². The zero-order valence-electron chi connectivity index (χ0n) is 13.2. The molecule has 2 heteroatoms. The van der Waals surface area contributed by atoms with Crippen molar-refractivity contribution in [3.8, 4) is 5.75 Å². The summed E-state index contributed by atoms with van der Waals surface area (Å²) in [5, 5.41) is 3.39. The van der Waals surface area contributed by atoms with Gasteiger partial charge in [-0.3, -0.25) is 0 Å². The van der Waals surface area contributed by atoms with E-state index in [9.17, 15) is 0 Å². The summed E-state index contributed by atoms with van der Waals surface area (Å²) in [6, 6.07) is 6.51. The third-order valence-electron chi connectivity index (χ3n) is 3.28. The standard InChI is InChI=1S/C17H29NO/c1-6-7-10-18-11-12-19-16-9-8-15(13-14(16)2)17(3,4)5/h8-9,13,18H,6-7,10-12H2,1-5H3. The van der Waals surface area contributed by atoms with E-state index in [0.717, 1.165) is 25.4 Å². The molecule has 1 aromatic rings. The number of hydrogen-bond donors (Lipinski definition) is 1. The summed E-state index contributed by atoms with van der Waals surface area (Å²) in [7, 11) is 0. The first-order chi connectivity index (χ1) is 8.95. The molecular weight excluding hydrogens is 234 g/mol. The van der Waals surface area contributed by atoms with Gasteiger partial charge >= 0.3 is 0 Å². The number of aryl methyl sites for hydroxylation is 1. The fourth-order valence-corrected chi connectivity index (χ4v) is 1.94. The van der Waals surface area contributed by atoms with Crippen LogP contribution in [-0.2, 0) is 5.41 Å². The zero-order valence-corrected chi connectivity index (χ0v) is 13.2. The third-order valence-corrected chi connectivity index (χ3v) is 3.28. The molecule has 19 heavy (non-hydrogen) atoms. The van der Waals surface area contributed by atoms with Gasteiger partial charge < -0.3 is 10.1 Å². The van der Waals surface area contributed by atoms with Crippen LogP contribution in [0.4, 0.5) is 0 Å². The fourth-order valence-electron chi connectivity index (χ4n) is 1.94. The van der Waals surface area contributed by atoms with Crippen LogP contribution in [0.3, 0.4) is 0 Å². The van der Waals surface area contributed by atoms with Crippen molar-refractivity contribution < 1.29 is 4.74 Å². The minimum atomic E-state index is 0.199. The van der Waals surface area contributed by atoms with Gasteiger partial charge in [-0.15, -0.1) is 0 Å². The van der Waals surface area contributed by atoms with Crippen LogP contribution in [0.25, 0.3) is 0 Å². The summed E-state index contributed by atoms with van der Waals surface area (Å²) < 4.78 is 5.82. The van der Waals surface area contributed by atoms with Gasteiger partial charge in [0, 0.05) is 6.54 Å². The molecule has 108 valence electrons. The molecule has 0 aliphatic heterocycles. The first kappa shape index (κ1) is 16.0. The molecule has 0 unspecified atom stereocenters. The number of nitrogens with one attached hydrogen (secondary N) is 1. The first-order valence-corrected chi connectivity index (χ1v) is 7.40. The normalized spacial score (nSPS) is 11.6. The maximum absolute atomic E-state index is 5.82. The minimum absolute atomic E-state index is 0.199. The van der Waals surface area contributed by atoms with Gasteiger partial charge in [0.15, 0.2) is 0 Å². The molecule has 0 aromatic heterocycles. The van der Waals surface area contributed by atoms with E-state index in [2.05, 4.69) is 58.1 Å². The van der Waals surface area contributed by atoms with Gasteiger partial charge in [0.05, 0.1) is 0 Å². The average molecular weight is 263 g/mol. The molecule has 0 amide bonds. The molecule has 1 N–H and O–H groups in total. The second-order valence-corrected chi connectivity index (χ2v) is 6.18. The maximum atomic E-state index is 5.82. The van der Waals surface area contributed by atoms with Crippen molar-refractivity contribution in [1.82, 2.24) is 5.32 Å². The van der Waals surface area contributed by atoms with Crippen molar-refractivity contribution >= 4 is 0 Å². The number of unbranched alkanes of at least 4 members (excludes halogenated alkanes) is 1. The Bertz CT molecular complexity index is 379. The number of rotatable bonds is 7. The Kier molecular flexibility index (Phi) is 6.36.